The molecule has 0 saturated heterocycles. The van der Waals surface area contributed by atoms with Crippen molar-refractivity contribution in [1.29, 1.82) is 0 Å². The SMILES string of the molecule is CC(=O)Oc1cc(OC(C)=O)c(C(C)(C)C)c(OC(C)=O)c1.CC(=O)Oc1ccc(C(C)(C)C)cc1.CC(=O)Oc1cccc(C(C)(C)C)c1.CC(=O)Oc1ccccc1C(C)(C)C. The summed E-state index contributed by atoms with van der Waals surface area (Å²) in [6.07, 6.45) is 0. The third kappa shape index (κ3) is 21.2. The minimum absolute atomic E-state index is 0.00789. The van der Waals surface area contributed by atoms with Gasteiger partial charge >= 0.3 is 35.8 Å². The first-order chi connectivity index (χ1) is 29.2. The summed E-state index contributed by atoms with van der Waals surface area (Å²) in [4.78, 5) is 66.1. The molecule has 348 valence electrons. The van der Waals surface area contributed by atoms with Crippen LogP contribution < -0.4 is 28.4 Å². The molecule has 4 aromatic carbocycles. The first-order valence-corrected chi connectivity index (χ1v) is 20.8. The van der Waals surface area contributed by atoms with Gasteiger partial charge in [0.2, 0.25) is 0 Å². The lowest BCUT2D eigenvalue weighted by Crippen LogP contribution is -2.18. The summed E-state index contributed by atoms with van der Waals surface area (Å²) in [6.45, 7) is 32.7. The number of hydrogen-bond acceptors (Lipinski definition) is 12. The molecule has 0 fully saturated rings. The van der Waals surface area contributed by atoms with Gasteiger partial charge in [-0.05, 0) is 63.1 Å². The standard InChI is InChI=1S/C16H20O6.3C12H16O2/c1-9(17)20-12-7-13(21-10(2)18)15(16(4,5)6)14(8-12)22-11(3)19;1-9(13)14-11-7-5-10(6-8-11)12(2,3)4;1-9(13)14-11-7-5-6-10(8-11)12(2,3)4;1-9(13)14-11-8-6-5-7-10(11)12(2,3)4/h7-8H,1-6H3;3*5-8H,1-4H3. The minimum Gasteiger partial charge on any atom is -0.427 e. The zero-order valence-corrected chi connectivity index (χ0v) is 41.0. The van der Waals surface area contributed by atoms with Crippen molar-refractivity contribution in [1.82, 2.24) is 0 Å². The molecule has 0 bridgehead atoms. The van der Waals surface area contributed by atoms with Crippen molar-refractivity contribution in [3.8, 4) is 34.5 Å². The molecule has 12 nitrogen and oxygen atoms in total. The van der Waals surface area contributed by atoms with Crippen LogP contribution in [0.4, 0.5) is 0 Å². The number of carbonyl (C=O) groups is 6. The van der Waals surface area contributed by atoms with Crippen molar-refractivity contribution in [2.24, 2.45) is 0 Å². The Labute approximate surface area is 379 Å². The van der Waals surface area contributed by atoms with Gasteiger partial charge in [-0.2, -0.15) is 0 Å². The second kappa shape index (κ2) is 24.0. The van der Waals surface area contributed by atoms with E-state index in [1.54, 1.807) is 6.07 Å². The van der Waals surface area contributed by atoms with E-state index in [1.165, 1.54) is 59.2 Å². The van der Waals surface area contributed by atoms with Crippen molar-refractivity contribution in [2.45, 2.75) is 146 Å². The molecule has 0 atom stereocenters. The largest absolute Gasteiger partial charge is 0.427 e. The summed E-state index contributed by atoms with van der Waals surface area (Å²) in [5, 5.41) is 0. The monoisotopic (exact) mass is 884 g/mol. The van der Waals surface area contributed by atoms with Gasteiger partial charge in [-0.25, -0.2) is 0 Å². The van der Waals surface area contributed by atoms with Crippen molar-refractivity contribution < 1.29 is 57.2 Å². The van der Waals surface area contributed by atoms with E-state index < -0.39 is 23.3 Å². The van der Waals surface area contributed by atoms with Crippen molar-refractivity contribution in [3.05, 3.63) is 107 Å². The Hall–Kier alpha value is -6.30. The molecule has 0 heterocycles. The first-order valence-electron chi connectivity index (χ1n) is 20.8. The van der Waals surface area contributed by atoms with Crippen LogP contribution in [0.5, 0.6) is 34.5 Å². The molecule has 0 unspecified atom stereocenters. The Morgan fingerprint density at radius 3 is 1.11 bits per heavy atom. The van der Waals surface area contributed by atoms with E-state index in [0.29, 0.717) is 22.8 Å². The van der Waals surface area contributed by atoms with Crippen LogP contribution in [0.15, 0.2) is 84.9 Å². The first kappa shape index (κ1) is 55.7. The van der Waals surface area contributed by atoms with E-state index in [9.17, 15) is 28.8 Å². The molecule has 64 heavy (non-hydrogen) atoms. The molecule has 4 rings (SSSR count). The molecular formula is C52H68O12. The smallest absolute Gasteiger partial charge is 0.308 e. The van der Waals surface area contributed by atoms with Crippen molar-refractivity contribution in [3.63, 3.8) is 0 Å². The third-order valence-corrected chi connectivity index (χ3v) is 8.45. The van der Waals surface area contributed by atoms with E-state index >= 15 is 0 Å². The van der Waals surface area contributed by atoms with Gasteiger partial charge in [-0.15, -0.1) is 0 Å². The molecule has 0 saturated carbocycles. The number of esters is 6. The number of rotatable bonds is 6. The summed E-state index contributed by atoms with van der Waals surface area (Å²) >= 11 is 0. The normalized spacial score (nSPS) is 11.0. The zero-order valence-electron chi connectivity index (χ0n) is 41.0. The van der Waals surface area contributed by atoms with Gasteiger partial charge in [0.25, 0.3) is 0 Å². The summed E-state index contributed by atoms with van der Waals surface area (Å²) in [7, 11) is 0. The fourth-order valence-corrected chi connectivity index (χ4v) is 5.71. The highest BCUT2D eigenvalue weighted by Crippen LogP contribution is 2.42. The quantitative estimate of drug-likeness (QED) is 0.133. The Balaban J connectivity index is 0.000000436. The number of benzene rings is 4. The molecule has 0 aliphatic heterocycles. The van der Waals surface area contributed by atoms with E-state index in [2.05, 4.69) is 62.3 Å². The minimum atomic E-state index is -0.536. The zero-order chi connectivity index (χ0) is 49.4. The van der Waals surface area contributed by atoms with Gasteiger partial charge in [0.15, 0.2) is 0 Å². The average molecular weight is 885 g/mol. The Kier molecular flexibility index (Phi) is 20.9. The molecule has 0 N–H and O–H groups in total. The van der Waals surface area contributed by atoms with Crippen LogP contribution in [0, 0.1) is 0 Å². The maximum absolute atomic E-state index is 11.3. The van der Waals surface area contributed by atoms with Crippen LogP contribution in [-0.4, -0.2) is 35.8 Å². The van der Waals surface area contributed by atoms with Gasteiger partial charge in [-0.3, -0.25) is 28.8 Å². The molecule has 0 aromatic heterocycles. The maximum atomic E-state index is 11.3. The van der Waals surface area contributed by atoms with Gasteiger partial charge in [0, 0.05) is 64.8 Å². The van der Waals surface area contributed by atoms with Crippen LogP contribution in [0.3, 0.4) is 0 Å². The number of carbonyl (C=O) groups excluding carboxylic acids is 6. The highest BCUT2D eigenvalue weighted by molar-refractivity contribution is 5.76. The fourth-order valence-electron chi connectivity index (χ4n) is 5.71. The van der Waals surface area contributed by atoms with E-state index in [-0.39, 0.29) is 51.4 Å². The topological polar surface area (TPSA) is 158 Å². The highest BCUT2D eigenvalue weighted by atomic mass is 16.6. The summed E-state index contributed by atoms with van der Waals surface area (Å²) in [6, 6.07) is 25.7. The van der Waals surface area contributed by atoms with Crippen LogP contribution in [-0.2, 0) is 50.4 Å². The molecule has 0 aliphatic rings. The van der Waals surface area contributed by atoms with Gasteiger partial charge in [-0.1, -0.05) is 126 Å². The second-order valence-electron chi connectivity index (χ2n) is 18.9. The molecular weight excluding hydrogens is 817 g/mol. The molecule has 0 radical (unpaired) electrons. The molecule has 12 heteroatoms. The Morgan fingerprint density at radius 1 is 0.328 bits per heavy atom. The maximum Gasteiger partial charge on any atom is 0.308 e. The third-order valence-electron chi connectivity index (χ3n) is 8.45. The van der Waals surface area contributed by atoms with Gasteiger partial charge < -0.3 is 28.4 Å². The average Bonchev–Trinajstić information content (AvgIpc) is 3.10. The molecule has 0 spiro atoms. The van der Waals surface area contributed by atoms with Crippen LogP contribution >= 0.6 is 0 Å². The predicted molar refractivity (Wildman–Crippen MR) is 248 cm³/mol. The number of para-hydroxylation sites is 1. The van der Waals surface area contributed by atoms with E-state index in [1.807, 2.05) is 87.5 Å². The van der Waals surface area contributed by atoms with Crippen LogP contribution in [0.2, 0.25) is 0 Å². The van der Waals surface area contributed by atoms with E-state index in [0.717, 1.165) is 11.1 Å². The lowest BCUT2D eigenvalue weighted by Gasteiger charge is -2.25. The lowest BCUT2D eigenvalue weighted by atomic mass is 9.85. The fraction of sp³-hybridized carbons (Fsp3) is 0.423. The number of hydrogen-bond donors (Lipinski definition) is 0. The highest BCUT2D eigenvalue weighted by Gasteiger charge is 2.28. The van der Waals surface area contributed by atoms with Crippen LogP contribution in [0.1, 0.15) is 147 Å². The van der Waals surface area contributed by atoms with Crippen molar-refractivity contribution >= 4 is 35.8 Å². The summed E-state index contributed by atoms with van der Waals surface area (Å²) < 4.78 is 30.5. The lowest BCUT2D eigenvalue weighted by molar-refractivity contribution is -0.133. The van der Waals surface area contributed by atoms with Crippen LogP contribution in [0.25, 0.3) is 0 Å². The second-order valence-corrected chi connectivity index (χ2v) is 18.9. The molecule has 0 aliphatic carbocycles. The summed E-state index contributed by atoms with van der Waals surface area (Å²) in [5.41, 5.74) is 3.72. The number of ether oxygens (including phenoxy) is 6. The predicted octanol–water partition coefficient (Wildman–Crippen LogP) is 11.5. The molecule has 0 amide bonds. The summed E-state index contributed by atoms with van der Waals surface area (Å²) in [5.74, 6) is -0.0447. The Bertz CT molecular complexity index is 2190. The van der Waals surface area contributed by atoms with Gasteiger partial charge in [0.1, 0.15) is 34.5 Å². The molecule has 4 aromatic rings. The Morgan fingerprint density at radius 2 is 0.719 bits per heavy atom. The van der Waals surface area contributed by atoms with Crippen molar-refractivity contribution in [2.75, 3.05) is 0 Å². The van der Waals surface area contributed by atoms with E-state index in [4.69, 9.17) is 28.4 Å². The van der Waals surface area contributed by atoms with Gasteiger partial charge in [0.05, 0.1) is 0 Å².